The fourth-order valence-electron chi connectivity index (χ4n) is 1.37. The Morgan fingerprint density at radius 2 is 2.00 bits per heavy atom. The molecule has 0 fully saturated rings. The highest BCUT2D eigenvalue weighted by molar-refractivity contribution is 6.35. The Hall–Kier alpha value is -0.770. The number of carbonyl (C=O) groups is 1. The maximum absolute atomic E-state index is 11.8. The number of likely N-dealkylation sites (N-methyl/N-ethyl adjacent to an activating group) is 1. The zero-order valence-corrected chi connectivity index (χ0v) is 12.3. The molecule has 0 spiro atoms. The lowest BCUT2D eigenvalue weighted by Crippen LogP contribution is -2.51. The zero-order valence-electron chi connectivity index (χ0n) is 10.8. The average Bonchev–Trinajstić information content (AvgIpc) is 2.31. The van der Waals surface area contributed by atoms with Gasteiger partial charge in [-0.3, -0.25) is 4.79 Å². The van der Waals surface area contributed by atoms with Crippen LogP contribution in [0, 0.1) is 0 Å². The molecule has 0 heterocycles. The minimum atomic E-state index is -0.566. The fourth-order valence-corrected chi connectivity index (χ4v) is 1.87. The number of amides is 1. The van der Waals surface area contributed by atoms with E-state index in [1.807, 2.05) is 19.9 Å². The Morgan fingerprint density at radius 1 is 1.33 bits per heavy atom. The molecule has 5 heteroatoms. The quantitative estimate of drug-likeness (QED) is 0.875. The van der Waals surface area contributed by atoms with Gasteiger partial charge in [0, 0.05) is 16.6 Å². The third kappa shape index (κ3) is 4.16. The van der Waals surface area contributed by atoms with E-state index in [1.165, 1.54) is 0 Å². The summed E-state index contributed by atoms with van der Waals surface area (Å²) in [7, 11) is 1.76. The van der Waals surface area contributed by atoms with Crippen molar-refractivity contribution in [2.75, 3.05) is 13.6 Å². The van der Waals surface area contributed by atoms with Crippen molar-refractivity contribution in [3.05, 3.63) is 33.8 Å². The molecule has 0 aliphatic rings. The van der Waals surface area contributed by atoms with Crippen LogP contribution in [0.3, 0.4) is 0 Å². The summed E-state index contributed by atoms with van der Waals surface area (Å²) in [6.45, 7) is 4.21. The van der Waals surface area contributed by atoms with E-state index >= 15 is 0 Å². The zero-order chi connectivity index (χ0) is 13.8. The molecule has 0 atom stereocenters. The van der Waals surface area contributed by atoms with Crippen LogP contribution >= 0.6 is 23.2 Å². The van der Waals surface area contributed by atoms with Gasteiger partial charge in [0.15, 0.2) is 0 Å². The maximum Gasteiger partial charge on any atom is 0.239 e. The molecule has 0 aromatic heterocycles. The first-order valence-corrected chi connectivity index (χ1v) is 6.53. The van der Waals surface area contributed by atoms with E-state index in [0.717, 1.165) is 5.56 Å². The predicted octanol–water partition coefficient (Wildman–Crippen LogP) is 2.65. The van der Waals surface area contributed by atoms with Gasteiger partial charge in [0.05, 0.1) is 5.54 Å². The minimum Gasteiger partial charge on any atom is -0.354 e. The van der Waals surface area contributed by atoms with Gasteiger partial charge in [-0.05, 0) is 45.0 Å². The van der Waals surface area contributed by atoms with E-state index < -0.39 is 5.54 Å². The molecule has 0 unspecified atom stereocenters. The molecule has 0 aliphatic carbocycles. The largest absolute Gasteiger partial charge is 0.354 e. The van der Waals surface area contributed by atoms with Gasteiger partial charge in [0.25, 0.3) is 0 Å². The second kappa shape index (κ2) is 6.41. The van der Waals surface area contributed by atoms with Gasteiger partial charge >= 0.3 is 0 Å². The molecule has 0 aliphatic heterocycles. The summed E-state index contributed by atoms with van der Waals surface area (Å²) in [5, 5.41) is 7.07. The molecule has 100 valence electrons. The average molecular weight is 289 g/mol. The smallest absolute Gasteiger partial charge is 0.239 e. The van der Waals surface area contributed by atoms with Gasteiger partial charge in [-0.1, -0.05) is 29.3 Å². The number of rotatable bonds is 5. The molecular weight excluding hydrogens is 271 g/mol. The Morgan fingerprint density at radius 3 is 2.56 bits per heavy atom. The van der Waals surface area contributed by atoms with E-state index in [2.05, 4.69) is 10.6 Å². The van der Waals surface area contributed by atoms with Crippen molar-refractivity contribution in [3.63, 3.8) is 0 Å². The number of halogens is 2. The molecule has 1 aromatic carbocycles. The SMILES string of the molecule is CNC(C)(C)C(=O)NCCc1ccc(Cl)cc1Cl. The van der Waals surface area contributed by atoms with Crippen molar-refractivity contribution in [2.45, 2.75) is 25.8 Å². The molecule has 0 saturated heterocycles. The summed E-state index contributed by atoms with van der Waals surface area (Å²) in [5.41, 5.74) is 0.410. The van der Waals surface area contributed by atoms with E-state index in [0.29, 0.717) is 23.0 Å². The maximum atomic E-state index is 11.8. The molecule has 1 amide bonds. The topological polar surface area (TPSA) is 41.1 Å². The lowest BCUT2D eigenvalue weighted by Gasteiger charge is -2.22. The number of benzene rings is 1. The highest BCUT2D eigenvalue weighted by Crippen LogP contribution is 2.21. The Labute approximate surface area is 118 Å². The van der Waals surface area contributed by atoms with Crippen LogP contribution in [-0.4, -0.2) is 25.0 Å². The normalized spacial score (nSPS) is 11.4. The van der Waals surface area contributed by atoms with Crippen molar-refractivity contribution >= 4 is 29.1 Å². The third-order valence-electron chi connectivity index (χ3n) is 2.89. The molecule has 0 bridgehead atoms. The van der Waals surface area contributed by atoms with Crippen LogP contribution in [0.25, 0.3) is 0 Å². The minimum absolute atomic E-state index is 0.0323. The molecule has 18 heavy (non-hydrogen) atoms. The summed E-state index contributed by atoms with van der Waals surface area (Å²) < 4.78 is 0. The standard InChI is InChI=1S/C13H18Cl2N2O/c1-13(2,16-3)12(18)17-7-6-9-4-5-10(14)8-11(9)15/h4-5,8,16H,6-7H2,1-3H3,(H,17,18). The summed E-state index contributed by atoms with van der Waals surface area (Å²) in [6.07, 6.45) is 0.682. The number of hydrogen-bond donors (Lipinski definition) is 2. The summed E-state index contributed by atoms with van der Waals surface area (Å²) in [4.78, 5) is 11.8. The van der Waals surface area contributed by atoms with Crippen molar-refractivity contribution in [2.24, 2.45) is 0 Å². The monoisotopic (exact) mass is 288 g/mol. The third-order valence-corrected chi connectivity index (χ3v) is 3.47. The predicted molar refractivity (Wildman–Crippen MR) is 76.3 cm³/mol. The lowest BCUT2D eigenvalue weighted by molar-refractivity contribution is -0.126. The van der Waals surface area contributed by atoms with Crippen LogP contribution in [0.4, 0.5) is 0 Å². The van der Waals surface area contributed by atoms with Crippen LogP contribution in [0.5, 0.6) is 0 Å². The van der Waals surface area contributed by atoms with Crippen LogP contribution in [0.2, 0.25) is 10.0 Å². The highest BCUT2D eigenvalue weighted by atomic mass is 35.5. The molecular formula is C13H18Cl2N2O. The number of carbonyl (C=O) groups excluding carboxylic acids is 1. The van der Waals surface area contributed by atoms with Crippen molar-refractivity contribution in [3.8, 4) is 0 Å². The summed E-state index contributed by atoms with van der Waals surface area (Å²) in [5.74, 6) is -0.0323. The second-order valence-electron chi connectivity index (χ2n) is 4.62. The van der Waals surface area contributed by atoms with Gasteiger partial charge in [-0.2, -0.15) is 0 Å². The molecule has 2 N–H and O–H groups in total. The molecule has 3 nitrogen and oxygen atoms in total. The van der Waals surface area contributed by atoms with Gasteiger partial charge in [-0.25, -0.2) is 0 Å². The summed E-state index contributed by atoms with van der Waals surface area (Å²) >= 11 is 11.9. The van der Waals surface area contributed by atoms with Gasteiger partial charge < -0.3 is 10.6 Å². The first kappa shape index (κ1) is 15.3. The van der Waals surface area contributed by atoms with Gasteiger partial charge in [0.2, 0.25) is 5.91 Å². The summed E-state index contributed by atoms with van der Waals surface area (Å²) in [6, 6.07) is 5.37. The second-order valence-corrected chi connectivity index (χ2v) is 5.46. The van der Waals surface area contributed by atoms with E-state index in [-0.39, 0.29) is 5.91 Å². The number of hydrogen-bond acceptors (Lipinski definition) is 2. The van der Waals surface area contributed by atoms with Gasteiger partial charge in [0.1, 0.15) is 0 Å². The van der Waals surface area contributed by atoms with Crippen LogP contribution < -0.4 is 10.6 Å². The lowest BCUT2D eigenvalue weighted by atomic mass is 10.1. The van der Waals surface area contributed by atoms with Crippen molar-refractivity contribution < 1.29 is 4.79 Å². The Kier molecular flexibility index (Phi) is 5.45. The van der Waals surface area contributed by atoms with Crippen LogP contribution in [-0.2, 0) is 11.2 Å². The first-order chi connectivity index (χ1) is 8.36. The number of nitrogens with one attached hydrogen (secondary N) is 2. The van der Waals surface area contributed by atoms with Crippen LogP contribution in [0.15, 0.2) is 18.2 Å². The molecule has 0 saturated carbocycles. The van der Waals surface area contributed by atoms with Crippen molar-refractivity contribution in [1.82, 2.24) is 10.6 Å². The highest BCUT2D eigenvalue weighted by Gasteiger charge is 2.24. The van der Waals surface area contributed by atoms with E-state index in [1.54, 1.807) is 19.2 Å². The fraction of sp³-hybridized carbons (Fsp3) is 0.462. The molecule has 1 aromatic rings. The van der Waals surface area contributed by atoms with Crippen LogP contribution in [0.1, 0.15) is 19.4 Å². The molecule has 0 radical (unpaired) electrons. The van der Waals surface area contributed by atoms with Crippen molar-refractivity contribution in [1.29, 1.82) is 0 Å². The molecule has 1 rings (SSSR count). The van der Waals surface area contributed by atoms with E-state index in [4.69, 9.17) is 23.2 Å². The Balaban J connectivity index is 2.50. The van der Waals surface area contributed by atoms with Gasteiger partial charge in [-0.15, -0.1) is 0 Å². The van der Waals surface area contributed by atoms with E-state index in [9.17, 15) is 4.79 Å². The Bertz CT molecular complexity index is 433. The first-order valence-electron chi connectivity index (χ1n) is 5.78.